The summed E-state index contributed by atoms with van der Waals surface area (Å²) in [5.41, 5.74) is 8.04. The van der Waals surface area contributed by atoms with Crippen LogP contribution in [-0.4, -0.2) is 18.3 Å². The number of hydrogen-bond acceptors (Lipinski definition) is 6. The molecule has 0 radical (unpaired) electrons. The van der Waals surface area contributed by atoms with Gasteiger partial charge in [-0.05, 0) is 43.3 Å². The van der Waals surface area contributed by atoms with E-state index >= 15 is 0 Å². The summed E-state index contributed by atoms with van der Waals surface area (Å²) in [6.45, 7) is 1.82. The van der Waals surface area contributed by atoms with Crippen LogP contribution >= 0.6 is 0 Å². The van der Waals surface area contributed by atoms with Gasteiger partial charge in [0.2, 0.25) is 0 Å². The van der Waals surface area contributed by atoms with E-state index < -0.39 is 14.9 Å². The van der Waals surface area contributed by atoms with E-state index in [1.807, 2.05) is 6.92 Å². The molecule has 3 aromatic rings. The molecule has 128 valence electrons. The second-order valence-corrected chi connectivity index (χ2v) is 7.12. The van der Waals surface area contributed by atoms with Crippen molar-refractivity contribution in [1.29, 1.82) is 0 Å². The number of fused-ring (bicyclic) bond motifs is 1. The minimum absolute atomic E-state index is 0.0757. The molecule has 25 heavy (non-hydrogen) atoms. The Labute approximate surface area is 143 Å². The van der Waals surface area contributed by atoms with E-state index in [2.05, 4.69) is 9.71 Å². The summed E-state index contributed by atoms with van der Waals surface area (Å²) >= 11 is 0. The van der Waals surface area contributed by atoms with Gasteiger partial charge in [-0.15, -0.1) is 0 Å². The maximum atomic E-state index is 12.4. The number of nitro benzene ring substituents is 1. The third-order valence-corrected chi connectivity index (χ3v) is 4.98. The number of hydrogen-bond donors (Lipinski definition) is 2. The number of nitrogen functional groups attached to an aromatic ring is 1. The van der Waals surface area contributed by atoms with Crippen LogP contribution in [0.5, 0.6) is 0 Å². The third kappa shape index (κ3) is 3.36. The summed E-state index contributed by atoms with van der Waals surface area (Å²) in [5.74, 6) is 0. The SMILES string of the molecule is Cc1cc(N)c2cc(NS(=O)(=O)c3ccc([N+](=O)[O-])cc3)ccc2n1. The summed E-state index contributed by atoms with van der Waals surface area (Å²) in [7, 11) is -3.88. The molecule has 1 aromatic heterocycles. The number of aryl methyl sites for hydroxylation is 1. The number of sulfonamides is 1. The quantitative estimate of drug-likeness (QED) is 0.545. The monoisotopic (exact) mass is 358 g/mol. The largest absolute Gasteiger partial charge is 0.398 e. The van der Waals surface area contributed by atoms with Crippen LogP contribution in [0.15, 0.2) is 53.4 Å². The number of pyridine rings is 1. The second kappa shape index (κ2) is 6.02. The van der Waals surface area contributed by atoms with Crippen LogP contribution in [0.2, 0.25) is 0 Å². The van der Waals surface area contributed by atoms with Crippen LogP contribution in [0, 0.1) is 17.0 Å². The number of benzene rings is 2. The van der Waals surface area contributed by atoms with E-state index in [4.69, 9.17) is 5.73 Å². The standard InChI is InChI=1S/C16H14N4O4S/c1-10-8-15(17)14-9-11(2-7-16(14)18-10)19-25(23,24)13-5-3-12(4-6-13)20(21)22/h2-9,19H,1H3,(H2,17,18). The first kappa shape index (κ1) is 16.7. The molecule has 2 aromatic carbocycles. The topological polar surface area (TPSA) is 128 Å². The highest BCUT2D eigenvalue weighted by atomic mass is 32.2. The van der Waals surface area contributed by atoms with E-state index in [0.717, 1.165) is 17.8 Å². The number of aromatic nitrogens is 1. The predicted molar refractivity (Wildman–Crippen MR) is 94.8 cm³/mol. The summed E-state index contributed by atoms with van der Waals surface area (Å²) < 4.78 is 27.3. The molecule has 0 unspecified atom stereocenters. The Bertz CT molecular complexity index is 1080. The zero-order valence-electron chi connectivity index (χ0n) is 13.1. The Morgan fingerprint density at radius 3 is 2.44 bits per heavy atom. The van der Waals surface area contributed by atoms with Crippen molar-refractivity contribution in [2.24, 2.45) is 0 Å². The van der Waals surface area contributed by atoms with E-state index in [0.29, 0.717) is 22.3 Å². The average molecular weight is 358 g/mol. The molecule has 9 heteroatoms. The van der Waals surface area contributed by atoms with Gasteiger partial charge < -0.3 is 5.73 Å². The molecule has 0 aliphatic carbocycles. The lowest BCUT2D eigenvalue weighted by atomic mass is 10.1. The molecule has 8 nitrogen and oxygen atoms in total. The van der Waals surface area contributed by atoms with Gasteiger partial charge in [0.05, 0.1) is 15.3 Å². The molecule has 0 bridgehead atoms. The van der Waals surface area contributed by atoms with E-state index in [1.165, 1.54) is 12.1 Å². The zero-order valence-corrected chi connectivity index (χ0v) is 13.9. The molecule has 3 rings (SSSR count). The van der Waals surface area contributed by atoms with Crippen molar-refractivity contribution in [3.8, 4) is 0 Å². The number of rotatable bonds is 4. The minimum atomic E-state index is -3.88. The van der Waals surface area contributed by atoms with Gasteiger partial charge >= 0.3 is 0 Å². The Balaban J connectivity index is 1.95. The van der Waals surface area contributed by atoms with E-state index in [-0.39, 0.29) is 10.6 Å². The van der Waals surface area contributed by atoms with E-state index in [1.54, 1.807) is 24.3 Å². The predicted octanol–water partition coefficient (Wildman–Crippen LogP) is 2.83. The number of anilines is 2. The van der Waals surface area contributed by atoms with Crippen LogP contribution in [0.3, 0.4) is 0 Å². The highest BCUT2D eigenvalue weighted by Crippen LogP contribution is 2.26. The number of nitro groups is 1. The lowest BCUT2D eigenvalue weighted by molar-refractivity contribution is -0.384. The molecule has 0 saturated heterocycles. The molecular weight excluding hydrogens is 344 g/mol. The minimum Gasteiger partial charge on any atom is -0.398 e. The number of nitrogens with two attached hydrogens (primary N) is 1. The number of nitrogens with one attached hydrogen (secondary N) is 1. The van der Waals surface area contributed by atoms with Crippen LogP contribution in [-0.2, 0) is 10.0 Å². The first-order valence-electron chi connectivity index (χ1n) is 7.20. The zero-order chi connectivity index (χ0) is 18.2. The summed E-state index contributed by atoms with van der Waals surface area (Å²) in [4.78, 5) is 14.3. The summed E-state index contributed by atoms with van der Waals surface area (Å²) in [5, 5.41) is 11.3. The van der Waals surface area contributed by atoms with Gasteiger partial charge in [0.15, 0.2) is 0 Å². The lowest BCUT2D eigenvalue weighted by Gasteiger charge is -2.10. The fraction of sp³-hybridized carbons (Fsp3) is 0.0625. The van der Waals surface area contributed by atoms with E-state index in [9.17, 15) is 18.5 Å². The fourth-order valence-corrected chi connectivity index (χ4v) is 3.46. The van der Waals surface area contributed by atoms with Crippen LogP contribution in [0.25, 0.3) is 10.9 Å². The fourth-order valence-electron chi connectivity index (χ4n) is 2.41. The van der Waals surface area contributed by atoms with Gasteiger partial charge in [0.25, 0.3) is 15.7 Å². The lowest BCUT2D eigenvalue weighted by Crippen LogP contribution is -2.13. The van der Waals surface area contributed by atoms with Crippen molar-refractivity contribution < 1.29 is 13.3 Å². The third-order valence-electron chi connectivity index (χ3n) is 3.58. The molecule has 3 N–H and O–H groups in total. The van der Waals surface area contributed by atoms with Crippen molar-refractivity contribution >= 4 is 38.0 Å². The van der Waals surface area contributed by atoms with Gasteiger partial charge in [-0.3, -0.25) is 19.8 Å². The smallest absolute Gasteiger partial charge is 0.269 e. The van der Waals surface area contributed by atoms with Gasteiger partial charge in [-0.2, -0.15) is 0 Å². The Hall–Kier alpha value is -3.20. The molecule has 0 saturated carbocycles. The Morgan fingerprint density at radius 2 is 1.80 bits per heavy atom. The first-order valence-corrected chi connectivity index (χ1v) is 8.69. The number of non-ortho nitro benzene ring substituents is 1. The Morgan fingerprint density at radius 1 is 1.12 bits per heavy atom. The van der Waals surface area contributed by atoms with Crippen LogP contribution < -0.4 is 10.5 Å². The average Bonchev–Trinajstić information content (AvgIpc) is 2.55. The molecule has 0 aliphatic rings. The molecule has 0 fully saturated rings. The molecule has 1 heterocycles. The molecule has 0 atom stereocenters. The molecule has 0 amide bonds. The summed E-state index contributed by atoms with van der Waals surface area (Å²) in [6, 6.07) is 11.2. The molecule has 0 aliphatic heterocycles. The van der Waals surface area contributed by atoms with Crippen molar-refractivity contribution in [3.63, 3.8) is 0 Å². The van der Waals surface area contributed by atoms with Crippen molar-refractivity contribution in [2.45, 2.75) is 11.8 Å². The maximum Gasteiger partial charge on any atom is 0.269 e. The first-order chi connectivity index (χ1) is 11.8. The van der Waals surface area contributed by atoms with Gasteiger partial charge in [-0.25, -0.2) is 8.42 Å². The van der Waals surface area contributed by atoms with Crippen molar-refractivity contribution in [3.05, 3.63) is 64.3 Å². The molecule has 0 spiro atoms. The van der Waals surface area contributed by atoms with Gasteiger partial charge in [-0.1, -0.05) is 0 Å². The summed E-state index contributed by atoms with van der Waals surface area (Å²) in [6.07, 6.45) is 0. The highest BCUT2D eigenvalue weighted by molar-refractivity contribution is 7.92. The van der Waals surface area contributed by atoms with Gasteiger partial charge in [0.1, 0.15) is 0 Å². The molecular formula is C16H14N4O4S. The highest BCUT2D eigenvalue weighted by Gasteiger charge is 2.16. The second-order valence-electron chi connectivity index (χ2n) is 5.44. The normalized spacial score (nSPS) is 11.4. The van der Waals surface area contributed by atoms with Crippen molar-refractivity contribution in [1.82, 2.24) is 4.98 Å². The van der Waals surface area contributed by atoms with Crippen LogP contribution in [0.4, 0.5) is 17.1 Å². The van der Waals surface area contributed by atoms with Crippen LogP contribution in [0.1, 0.15) is 5.69 Å². The number of nitrogens with zero attached hydrogens (tertiary/aromatic N) is 2. The van der Waals surface area contributed by atoms with Gasteiger partial charge in [0, 0.05) is 34.6 Å². The maximum absolute atomic E-state index is 12.4. The van der Waals surface area contributed by atoms with Crippen molar-refractivity contribution in [2.75, 3.05) is 10.5 Å². The Kier molecular flexibility index (Phi) is 4.01.